The summed E-state index contributed by atoms with van der Waals surface area (Å²) in [4.78, 5) is 10.5. The number of aliphatic hydroxyl groups excluding tert-OH is 1. The van der Waals surface area contributed by atoms with Gasteiger partial charge in [0.2, 0.25) is 0 Å². The van der Waals surface area contributed by atoms with Crippen LogP contribution < -0.4 is 0 Å². The zero-order chi connectivity index (χ0) is 9.68. The quantitative estimate of drug-likeness (QED) is 0.649. The van der Waals surface area contributed by atoms with Gasteiger partial charge in [-0.25, -0.2) is 0 Å². The number of hydrogen-bond donors (Lipinski definition) is 1. The van der Waals surface area contributed by atoms with Crippen molar-refractivity contribution in [1.82, 2.24) is 0 Å². The molecule has 1 heterocycles. The van der Waals surface area contributed by atoms with Crippen molar-refractivity contribution in [3.63, 3.8) is 0 Å². The van der Waals surface area contributed by atoms with Crippen LogP contribution in [0.2, 0.25) is 0 Å². The molecule has 0 aromatic carbocycles. The second-order valence-electron chi connectivity index (χ2n) is 3.38. The van der Waals surface area contributed by atoms with E-state index in [0.29, 0.717) is 13.2 Å². The average Bonchev–Trinajstić information content (AvgIpc) is 2.15. The van der Waals surface area contributed by atoms with Gasteiger partial charge < -0.3 is 14.6 Å². The van der Waals surface area contributed by atoms with Crippen LogP contribution in [-0.4, -0.2) is 37.0 Å². The number of aliphatic hydroxyl groups is 1. The van der Waals surface area contributed by atoms with Gasteiger partial charge in [-0.2, -0.15) is 0 Å². The fourth-order valence-corrected chi connectivity index (χ4v) is 1.35. The molecule has 1 aliphatic rings. The standard InChI is InChI=1S/C9H16O4/c1-7(11)12-6-9-3-2-8(4-10)5-13-9/h8-10H,2-6H2,1H3. The van der Waals surface area contributed by atoms with Gasteiger partial charge >= 0.3 is 5.97 Å². The molecular weight excluding hydrogens is 172 g/mol. The monoisotopic (exact) mass is 188 g/mol. The Kier molecular flexibility index (Phi) is 4.18. The van der Waals surface area contributed by atoms with Crippen LogP contribution in [0.1, 0.15) is 19.8 Å². The molecule has 1 N–H and O–H groups in total. The highest BCUT2D eigenvalue weighted by Gasteiger charge is 2.21. The lowest BCUT2D eigenvalue weighted by Crippen LogP contribution is -2.31. The third-order valence-electron chi connectivity index (χ3n) is 2.20. The van der Waals surface area contributed by atoms with Crippen molar-refractivity contribution < 1.29 is 19.4 Å². The number of carbonyl (C=O) groups is 1. The summed E-state index contributed by atoms with van der Waals surface area (Å²) in [6.07, 6.45) is 1.83. The molecule has 0 aromatic heterocycles. The third-order valence-corrected chi connectivity index (χ3v) is 2.20. The molecule has 1 saturated heterocycles. The molecule has 1 aliphatic heterocycles. The maximum atomic E-state index is 10.5. The lowest BCUT2D eigenvalue weighted by atomic mass is 10.00. The summed E-state index contributed by atoms with van der Waals surface area (Å²) in [6, 6.07) is 0. The van der Waals surface area contributed by atoms with Crippen molar-refractivity contribution in [3.05, 3.63) is 0 Å². The molecule has 0 amide bonds. The van der Waals surface area contributed by atoms with Gasteiger partial charge in [0.25, 0.3) is 0 Å². The van der Waals surface area contributed by atoms with Gasteiger partial charge in [-0.3, -0.25) is 4.79 Å². The fraction of sp³-hybridized carbons (Fsp3) is 0.889. The largest absolute Gasteiger partial charge is 0.463 e. The highest BCUT2D eigenvalue weighted by Crippen LogP contribution is 2.18. The molecule has 4 heteroatoms. The van der Waals surface area contributed by atoms with Crippen LogP contribution in [-0.2, 0) is 14.3 Å². The lowest BCUT2D eigenvalue weighted by Gasteiger charge is -2.27. The maximum Gasteiger partial charge on any atom is 0.302 e. The lowest BCUT2D eigenvalue weighted by molar-refractivity contribution is -0.147. The van der Waals surface area contributed by atoms with Crippen molar-refractivity contribution >= 4 is 5.97 Å². The van der Waals surface area contributed by atoms with E-state index in [-0.39, 0.29) is 24.6 Å². The van der Waals surface area contributed by atoms with E-state index < -0.39 is 0 Å². The minimum atomic E-state index is -0.270. The molecule has 1 fully saturated rings. The third kappa shape index (κ3) is 3.74. The molecule has 76 valence electrons. The fourth-order valence-electron chi connectivity index (χ4n) is 1.35. The molecule has 0 aromatic rings. The summed E-state index contributed by atoms with van der Waals surface area (Å²) < 4.78 is 10.2. The van der Waals surface area contributed by atoms with Crippen LogP contribution in [0.15, 0.2) is 0 Å². The van der Waals surface area contributed by atoms with E-state index in [1.807, 2.05) is 0 Å². The Hall–Kier alpha value is -0.610. The van der Waals surface area contributed by atoms with Crippen molar-refractivity contribution in [2.24, 2.45) is 5.92 Å². The van der Waals surface area contributed by atoms with E-state index in [0.717, 1.165) is 12.8 Å². The molecule has 13 heavy (non-hydrogen) atoms. The summed E-state index contributed by atoms with van der Waals surface area (Å²) in [5.41, 5.74) is 0. The summed E-state index contributed by atoms with van der Waals surface area (Å²) in [6.45, 7) is 2.48. The maximum absolute atomic E-state index is 10.5. The number of ether oxygens (including phenoxy) is 2. The minimum Gasteiger partial charge on any atom is -0.463 e. The second kappa shape index (κ2) is 5.19. The van der Waals surface area contributed by atoms with Crippen LogP contribution in [0.5, 0.6) is 0 Å². The minimum absolute atomic E-state index is 0.0201. The first kappa shape index (κ1) is 10.5. The zero-order valence-electron chi connectivity index (χ0n) is 7.86. The van der Waals surface area contributed by atoms with Gasteiger partial charge in [0.15, 0.2) is 0 Å². The Bertz CT molecular complexity index is 161. The molecule has 1 rings (SSSR count). The van der Waals surface area contributed by atoms with Gasteiger partial charge in [-0.05, 0) is 12.8 Å². The van der Waals surface area contributed by atoms with Crippen molar-refractivity contribution in [1.29, 1.82) is 0 Å². The highest BCUT2D eigenvalue weighted by atomic mass is 16.6. The molecule has 2 unspecified atom stereocenters. The number of carbonyl (C=O) groups excluding carboxylic acids is 1. The van der Waals surface area contributed by atoms with Crippen LogP contribution in [0.4, 0.5) is 0 Å². The first-order valence-corrected chi connectivity index (χ1v) is 4.58. The molecule has 2 atom stereocenters. The summed E-state index contributed by atoms with van der Waals surface area (Å²) in [7, 11) is 0. The summed E-state index contributed by atoms with van der Waals surface area (Å²) >= 11 is 0. The Labute approximate surface area is 77.8 Å². The predicted molar refractivity (Wildman–Crippen MR) is 46.2 cm³/mol. The average molecular weight is 188 g/mol. The SMILES string of the molecule is CC(=O)OCC1CCC(CO)CO1. The zero-order valence-corrected chi connectivity index (χ0v) is 7.86. The molecule has 0 aliphatic carbocycles. The number of rotatable bonds is 3. The van der Waals surface area contributed by atoms with E-state index in [9.17, 15) is 4.79 Å². The molecule has 4 nitrogen and oxygen atoms in total. The molecule has 0 spiro atoms. The van der Waals surface area contributed by atoms with E-state index in [4.69, 9.17) is 14.6 Å². The van der Waals surface area contributed by atoms with E-state index >= 15 is 0 Å². The first-order chi connectivity index (χ1) is 6.22. The van der Waals surface area contributed by atoms with Crippen LogP contribution in [0, 0.1) is 5.92 Å². The predicted octanol–water partition coefficient (Wildman–Crippen LogP) is 0.337. The van der Waals surface area contributed by atoms with Crippen LogP contribution in [0.3, 0.4) is 0 Å². The summed E-state index contributed by atoms with van der Waals surface area (Å²) in [5.74, 6) is -0.0125. The topological polar surface area (TPSA) is 55.8 Å². The van der Waals surface area contributed by atoms with Crippen LogP contribution in [0.25, 0.3) is 0 Å². The number of esters is 1. The Morgan fingerprint density at radius 3 is 2.85 bits per heavy atom. The summed E-state index contributed by atoms with van der Waals surface area (Å²) in [5, 5.41) is 8.83. The van der Waals surface area contributed by atoms with E-state index in [1.165, 1.54) is 6.92 Å². The molecule has 0 bridgehead atoms. The van der Waals surface area contributed by atoms with Gasteiger partial charge in [0, 0.05) is 19.4 Å². The normalized spacial score (nSPS) is 28.5. The van der Waals surface area contributed by atoms with Gasteiger partial charge in [-0.1, -0.05) is 0 Å². The van der Waals surface area contributed by atoms with Gasteiger partial charge in [-0.15, -0.1) is 0 Å². The Balaban J connectivity index is 2.14. The smallest absolute Gasteiger partial charge is 0.302 e. The number of hydrogen-bond acceptors (Lipinski definition) is 4. The first-order valence-electron chi connectivity index (χ1n) is 4.58. The van der Waals surface area contributed by atoms with E-state index in [1.54, 1.807) is 0 Å². The van der Waals surface area contributed by atoms with Gasteiger partial charge in [0.1, 0.15) is 6.61 Å². The second-order valence-corrected chi connectivity index (χ2v) is 3.38. The van der Waals surface area contributed by atoms with Crippen molar-refractivity contribution in [3.8, 4) is 0 Å². The van der Waals surface area contributed by atoms with Crippen LogP contribution >= 0.6 is 0 Å². The molecular formula is C9H16O4. The molecule has 0 saturated carbocycles. The highest BCUT2D eigenvalue weighted by molar-refractivity contribution is 5.65. The van der Waals surface area contributed by atoms with Gasteiger partial charge in [0.05, 0.1) is 12.7 Å². The Morgan fingerprint density at radius 1 is 1.62 bits per heavy atom. The Morgan fingerprint density at radius 2 is 2.38 bits per heavy atom. The van der Waals surface area contributed by atoms with Crippen molar-refractivity contribution in [2.75, 3.05) is 19.8 Å². The molecule has 0 radical (unpaired) electrons. The van der Waals surface area contributed by atoms with Crippen molar-refractivity contribution in [2.45, 2.75) is 25.9 Å². The van der Waals surface area contributed by atoms with E-state index in [2.05, 4.69) is 0 Å².